The molecule has 2 aromatic carbocycles. The van der Waals surface area contributed by atoms with Crippen LogP contribution in [-0.2, 0) is 27.7 Å². The van der Waals surface area contributed by atoms with E-state index in [2.05, 4.69) is 0 Å². The molecule has 0 saturated heterocycles. The second kappa shape index (κ2) is 6.29. The maximum atomic E-state index is 13.7. The number of sulfonamides is 1. The summed E-state index contributed by atoms with van der Waals surface area (Å²) in [6, 6.07) is 7.48. The van der Waals surface area contributed by atoms with E-state index < -0.39 is 10.0 Å². The van der Waals surface area contributed by atoms with E-state index in [0.717, 1.165) is 29.7 Å². The van der Waals surface area contributed by atoms with Crippen LogP contribution in [0.2, 0.25) is 0 Å². The largest absolute Gasteiger partial charge is 0.311 e. The summed E-state index contributed by atoms with van der Waals surface area (Å²) in [5, 5.41) is 0. The van der Waals surface area contributed by atoms with Gasteiger partial charge in [0.25, 0.3) is 10.0 Å². The summed E-state index contributed by atoms with van der Waals surface area (Å²) in [6.45, 7) is 4.42. The van der Waals surface area contributed by atoms with Crippen molar-refractivity contribution in [2.75, 3.05) is 15.7 Å². The predicted molar refractivity (Wildman–Crippen MR) is 109 cm³/mol. The van der Waals surface area contributed by atoms with Crippen LogP contribution in [0, 0.1) is 5.82 Å². The number of carbonyl (C=O) groups excluding carboxylic acids is 1. The fourth-order valence-electron chi connectivity index (χ4n) is 4.98. The molecule has 29 heavy (non-hydrogen) atoms. The summed E-state index contributed by atoms with van der Waals surface area (Å²) in [4.78, 5) is 14.6. The SMILES string of the molecule is C[C@@H]1C(=O)N2CCCc3cc(S(=O)(=O)N4c5ccc(F)cc5CC[C@H]4C)cc1c32. The summed E-state index contributed by atoms with van der Waals surface area (Å²) < 4.78 is 42.6. The molecule has 2 aromatic rings. The van der Waals surface area contributed by atoms with Gasteiger partial charge in [-0.15, -0.1) is 0 Å². The zero-order valence-corrected chi connectivity index (χ0v) is 17.3. The van der Waals surface area contributed by atoms with Gasteiger partial charge < -0.3 is 4.90 Å². The summed E-state index contributed by atoms with van der Waals surface area (Å²) in [5.74, 6) is -0.648. The van der Waals surface area contributed by atoms with E-state index in [-0.39, 0.29) is 28.6 Å². The first-order valence-corrected chi connectivity index (χ1v) is 11.5. The monoisotopic (exact) mass is 414 g/mol. The van der Waals surface area contributed by atoms with Gasteiger partial charge in [0.15, 0.2) is 0 Å². The van der Waals surface area contributed by atoms with E-state index in [9.17, 15) is 17.6 Å². The Balaban J connectivity index is 1.67. The minimum atomic E-state index is -3.84. The van der Waals surface area contributed by atoms with Crippen molar-refractivity contribution in [1.82, 2.24) is 0 Å². The smallest absolute Gasteiger partial charge is 0.264 e. The Labute approximate surface area is 170 Å². The molecule has 0 fully saturated rings. The summed E-state index contributed by atoms with van der Waals surface area (Å²) in [5.41, 5.74) is 3.89. The fourth-order valence-corrected chi connectivity index (χ4v) is 6.79. The van der Waals surface area contributed by atoms with Gasteiger partial charge in [-0.25, -0.2) is 12.8 Å². The Hall–Kier alpha value is -2.41. The molecular formula is C22H23FN2O3S. The molecule has 3 heterocycles. The van der Waals surface area contributed by atoms with Crippen molar-refractivity contribution in [3.63, 3.8) is 0 Å². The zero-order chi connectivity index (χ0) is 20.5. The molecule has 5 nitrogen and oxygen atoms in total. The van der Waals surface area contributed by atoms with Crippen molar-refractivity contribution in [2.24, 2.45) is 0 Å². The van der Waals surface area contributed by atoms with Crippen LogP contribution in [0.5, 0.6) is 0 Å². The number of nitrogens with zero attached hydrogens (tertiary/aromatic N) is 2. The van der Waals surface area contributed by atoms with Gasteiger partial charge in [0.05, 0.1) is 22.2 Å². The van der Waals surface area contributed by atoms with Crippen LogP contribution < -0.4 is 9.21 Å². The maximum Gasteiger partial charge on any atom is 0.264 e. The van der Waals surface area contributed by atoms with Gasteiger partial charge in [-0.3, -0.25) is 9.10 Å². The molecule has 1 amide bonds. The number of amides is 1. The number of hydrogen-bond acceptors (Lipinski definition) is 3. The molecule has 2 atom stereocenters. The van der Waals surface area contributed by atoms with Crippen LogP contribution in [0.4, 0.5) is 15.8 Å². The highest BCUT2D eigenvalue weighted by atomic mass is 32.2. The lowest BCUT2D eigenvalue weighted by Crippen LogP contribution is -2.42. The van der Waals surface area contributed by atoms with E-state index in [1.54, 1.807) is 23.1 Å². The lowest BCUT2D eigenvalue weighted by Gasteiger charge is -2.36. The third-order valence-electron chi connectivity index (χ3n) is 6.46. The Kier molecular flexibility index (Phi) is 4.04. The first-order valence-electron chi connectivity index (χ1n) is 10.1. The maximum absolute atomic E-state index is 13.7. The average Bonchev–Trinajstić information content (AvgIpc) is 2.94. The first kappa shape index (κ1) is 18.6. The number of fused-ring (bicyclic) bond motifs is 1. The molecule has 0 bridgehead atoms. The summed E-state index contributed by atoms with van der Waals surface area (Å²) >= 11 is 0. The number of anilines is 2. The highest BCUT2D eigenvalue weighted by Crippen LogP contribution is 2.45. The second-order valence-corrected chi connectivity index (χ2v) is 10.1. The predicted octanol–water partition coefficient (Wildman–Crippen LogP) is 3.75. The van der Waals surface area contributed by atoms with E-state index in [0.29, 0.717) is 30.6 Å². The molecule has 152 valence electrons. The first-order chi connectivity index (χ1) is 13.8. The number of carbonyl (C=O) groups is 1. The van der Waals surface area contributed by atoms with E-state index in [4.69, 9.17) is 0 Å². The van der Waals surface area contributed by atoms with Crippen LogP contribution >= 0.6 is 0 Å². The van der Waals surface area contributed by atoms with Crippen molar-refractivity contribution in [3.05, 3.63) is 52.8 Å². The van der Waals surface area contributed by atoms with Gasteiger partial charge in [-0.1, -0.05) is 0 Å². The average molecular weight is 415 g/mol. The standard InChI is InChI=1S/C22H23FN2O3S/c1-13-5-6-15-10-17(23)7-8-20(15)25(13)29(27,28)18-11-16-4-3-9-24-21(16)19(12-18)14(2)22(24)26/h7-8,10-14H,3-6,9H2,1-2H3/t13-,14+/m1/s1. The van der Waals surface area contributed by atoms with Crippen molar-refractivity contribution in [3.8, 4) is 0 Å². The normalized spacial score (nSPS) is 23.2. The second-order valence-electron chi connectivity index (χ2n) is 8.30. The summed E-state index contributed by atoms with van der Waals surface area (Å²) in [7, 11) is -3.84. The van der Waals surface area contributed by atoms with Gasteiger partial charge >= 0.3 is 0 Å². The molecule has 0 saturated carbocycles. The molecule has 5 rings (SSSR count). The van der Waals surface area contributed by atoms with E-state index in [1.165, 1.54) is 16.4 Å². The molecule has 3 aliphatic heterocycles. The Morgan fingerprint density at radius 2 is 1.86 bits per heavy atom. The Morgan fingerprint density at radius 1 is 1.07 bits per heavy atom. The Bertz CT molecular complexity index is 1140. The van der Waals surface area contributed by atoms with Gasteiger partial charge in [-0.05, 0) is 86.6 Å². The minimum absolute atomic E-state index is 0.0441. The van der Waals surface area contributed by atoms with E-state index >= 15 is 0 Å². The molecule has 0 aliphatic carbocycles. The summed E-state index contributed by atoms with van der Waals surface area (Å²) in [6.07, 6.45) is 2.88. The van der Waals surface area contributed by atoms with Crippen LogP contribution in [0.1, 0.15) is 49.3 Å². The fraction of sp³-hybridized carbons (Fsp3) is 0.409. The van der Waals surface area contributed by atoms with Gasteiger partial charge in [-0.2, -0.15) is 0 Å². The van der Waals surface area contributed by atoms with E-state index in [1.807, 2.05) is 13.8 Å². The number of aryl methyl sites for hydroxylation is 2. The van der Waals surface area contributed by atoms with Crippen LogP contribution in [0.15, 0.2) is 35.2 Å². The molecule has 3 aliphatic rings. The van der Waals surface area contributed by atoms with Crippen LogP contribution in [0.3, 0.4) is 0 Å². The van der Waals surface area contributed by atoms with Crippen LogP contribution in [-0.4, -0.2) is 26.9 Å². The van der Waals surface area contributed by atoms with Crippen molar-refractivity contribution in [2.45, 2.75) is 56.4 Å². The lowest BCUT2D eigenvalue weighted by atomic mass is 9.97. The van der Waals surface area contributed by atoms with Gasteiger partial charge in [0, 0.05) is 12.6 Å². The third kappa shape index (κ3) is 2.63. The highest BCUT2D eigenvalue weighted by Gasteiger charge is 2.41. The topological polar surface area (TPSA) is 57.7 Å². The molecule has 0 N–H and O–H groups in total. The molecular weight excluding hydrogens is 391 g/mol. The van der Waals surface area contributed by atoms with Gasteiger partial charge in [0.2, 0.25) is 5.91 Å². The lowest BCUT2D eigenvalue weighted by molar-refractivity contribution is -0.119. The third-order valence-corrected chi connectivity index (χ3v) is 8.37. The number of halogens is 1. The van der Waals surface area contributed by atoms with Crippen molar-refractivity contribution >= 4 is 27.3 Å². The number of benzene rings is 2. The highest BCUT2D eigenvalue weighted by molar-refractivity contribution is 7.92. The number of hydrogen-bond donors (Lipinski definition) is 0. The van der Waals surface area contributed by atoms with Crippen LogP contribution in [0.25, 0.3) is 0 Å². The molecule has 7 heteroatoms. The molecule has 0 radical (unpaired) electrons. The van der Waals surface area contributed by atoms with Crippen molar-refractivity contribution < 1.29 is 17.6 Å². The molecule has 0 aromatic heterocycles. The minimum Gasteiger partial charge on any atom is -0.311 e. The Morgan fingerprint density at radius 3 is 2.66 bits per heavy atom. The quantitative estimate of drug-likeness (QED) is 0.752. The number of rotatable bonds is 2. The molecule has 0 unspecified atom stereocenters. The van der Waals surface area contributed by atoms with Gasteiger partial charge in [0.1, 0.15) is 5.82 Å². The molecule has 0 spiro atoms. The zero-order valence-electron chi connectivity index (χ0n) is 16.5. The van der Waals surface area contributed by atoms with Crippen molar-refractivity contribution in [1.29, 1.82) is 0 Å².